The average Bonchev–Trinajstić information content (AvgIpc) is 2.91. The molecule has 19 heavy (non-hydrogen) atoms. The number of thiophene rings is 1. The van der Waals surface area contributed by atoms with Crippen LogP contribution in [0.3, 0.4) is 0 Å². The van der Waals surface area contributed by atoms with Crippen molar-refractivity contribution in [2.45, 2.75) is 26.3 Å². The van der Waals surface area contributed by atoms with Gasteiger partial charge in [0.25, 0.3) is 0 Å². The number of hydrogen-bond donors (Lipinski definition) is 1. The maximum atomic E-state index is 5.83. The molecule has 0 aliphatic carbocycles. The van der Waals surface area contributed by atoms with Crippen molar-refractivity contribution >= 4 is 21.4 Å². The molecule has 1 aliphatic rings. The summed E-state index contributed by atoms with van der Waals surface area (Å²) in [5, 5.41) is 1.42. The highest BCUT2D eigenvalue weighted by Crippen LogP contribution is 2.37. The summed E-state index contributed by atoms with van der Waals surface area (Å²) < 4.78 is 1.43. The van der Waals surface area contributed by atoms with E-state index in [1.165, 1.54) is 32.5 Å². The third kappa shape index (κ3) is 2.20. The minimum absolute atomic E-state index is 0.542. The summed E-state index contributed by atoms with van der Waals surface area (Å²) in [5.41, 5.74) is 8.71. The van der Waals surface area contributed by atoms with Crippen LogP contribution in [0.2, 0.25) is 0 Å². The molecule has 102 valence electrons. The third-order valence-electron chi connectivity index (χ3n) is 4.55. The fourth-order valence-electron chi connectivity index (χ4n) is 3.24. The lowest BCUT2D eigenvalue weighted by atomic mass is 9.99. The Hall–Kier alpha value is -0.900. The van der Waals surface area contributed by atoms with Crippen molar-refractivity contribution in [2.24, 2.45) is 11.7 Å². The molecule has 1 aromatic heterocycles. The monoisotopic (exact) mass is 274 g/mol. The topological polar surface area (TPSA) is 29.3 Å². The molecule has 0 spiro atoms. The van der Waals surface area contributed by atoms with Gasteiger partial charge >= 0.3 is 0 Å². The Kier molecular flexibility index (Phi) is 3.37. The Labute approximate surface area is 119 Å². The number of fused-ring (bicyclic) bond motifs is 1. The molecule has 3 rings (SSSR count). The van der Waals surface area contributed by atoms with Crippen LogP contribution in [-0.2, 0) is 0 Å². The molecule has 2 aromatic rings. The zero-order valence-corrected chi connectivity index (χ0v) is 12.8. The highest BCUT2D eigenvalue weighted by Gasteiger charge is 2.29. The Bertz CT molecular complexity index is 602. The van der Waals surface area contributed by atoms with Gasteiger partial charge in [0, 0.05) is 22.2 Å². The Morgan fingerprint density at radius 1 is 1.37 bits per heavy atom. The summed E-state index contributed by atoms with van der Waals surface area (Å²) in [6.45, 7) is 6.37. The molecule has 3 heteroatoms. The number of nitrogens with zero attached hydrogens (tertiary/aromatic N) is 1. The van der Waals surface area contributed by atoms with Crippen LogP contribution in [0.15, 0.2) is 18.2 Å². The average molecular weight is 274 g/mol. The van der Waals surface area contributed by atoms with Gasteiger partial charge in [-0.1, -0.05) is 12.1 Å². The normalized spacial score (nSPS) is 24.4. The molecule has 1 saturated heterocycles. The predicted octanol–water partition coefficient (Wildman–Crippen LogP) is 3.47. The van der Waals surface area contributed by atoms with Gasteiger partial charge in [0.1, 0.15) is 0 Å². The molecule has 0 saturated carbocycles. The number of aryl methyl sites for hydroxylation is 2. The van der Waals surface area contributed by atoms with Crippen molar-refractivity contribution in [3.8, 4) is 0 Å². The maximum absolute atomic E-state index is 5.83. The Balaban J connectivity index is 1.97. The van der Waals surface area contributed by atoms with Crippen molar-refractivity contribution in [1.29, 1.82) is 0 Å². The third-order valence-corrected chi connectivity index (χ3v) is 5.72. The predicted molar refractivity (Wildman–Crippen MR) is 83.8 cm³/mol. The maximum Gasteiger partial charge on any atom is 0.0351 e. The van der Waals surface area contributed by atoms with Crippen LogP contribution in [0, 0.1) is 19.8 Å². The fraction of sp³-hybridized carbons (Fsp3) is 0.500. The molecule has 2 unspecified atom stereocenters. The van der Waals surface area contributed by atoms with Gasteiger partial charge in [-0.3, -0.25) is 4.90 Å². The highest BCUT2D eigenvalue weighted by atomic mass is 32.1. The van der Waals surface area contributed by atoms with Crippen LogP contribution in [0.5, 0.6) is 0 Å². The minimum atomic E-state index is 0.542. The van der Waals surface area contributed by atoms with E-state index in [-0.39, 0.29) is 0 Å². The lowest BCUT2D eigenvalue weighted by Crippen LogP contribution is -2.20. The van der Waals surface area contributed by atoms with Crippen LogP contribution in [0.1, 0.15) is 28.5 Å². The molecule has 0 amide bonds. The zero-order valence-electron chi connectivity index (χ0n) is 11.9. The van der Waals surface area contributed by atoms with Crippen molar-refractivity contribution in [3.63, 3.8) is 0 Å². The van der Waals surface area contributed by atoms with E-state index in [9.17, 15) is 0 Å². The van der Waals surface area contributed by atoms with Gasteiger partial charge in [-0.2, -0.15) is 0 Å². The SMILES string of the molecule is Cc1sc2cc(C3CC(CN)CN3C)ccc2c1C. The van der Waals surface area contributed by atoms with Gasteiger partial charge in [-0.25, -0.2) is 0 Å². The number of nitrogens with two attached hydrogens (primary N) is 1. The Morgan fingerprint density at radius 2 is 2.16 bits per heavy atom. The molecule has 2 atom stereocenters. The second kappa shape index (κ2) is 4.89. The largest absolute Gasteiger partial charge is 0.330 e. The lowest BCUT2D eigenvalue weighted by Gasteiger charge is -2.19. The van der Waals surface area contributed by atoms with E-state index in [2.05, 4.69) is 44.0 Å². The molecule has 0 radical (unpaired) electrons. The second-order valence-electron chi connectivity index (χ2n) is 5.83. The zero-order chi connectivity index (χ0) is 13.6. The summed E-state index contributed by atoms with van der Waals surface area (Å²) in [6.07, 6.45) is 1.20. The number of likely N-dealkylation sites (tertiary alicyclic amines) is 1. The molecule has 1 aliphatic heterocycles. The van der Waals surface area contributed by atoms with Crippen molar-refractivity contribution in [1.82, 2.24) is 4.90 Å². The van der Waals surface area contributed by atoms with Crippen LogP contribution in [0.4, 0.5) is 0 Å². The number of rotatable bonds is 2. The van der Waals surface area contributed by atoms with E-state index in [0.717, 1.165) is 13.1 Å². The molecular weight excluding hydrogens is 252 g/mol. The lowest BCUT2D eigenvalue weighted by molar-refractivity contribution is 0.314. The van der Waals surface area contributed by atoms with Crippen molar-refractivity contribution in [3.05, 3.63) is 34.2 Å². The van der Waals surface area contributed by atoms with Gasteiger partial charge in [0.2, 0.25) is 0 Å². The molecule has 2 heterocycles. The molecular formula is C16H22N2S. The van der Waals surface area contributed by atoms with Crippen LogP contribution in [-0.4, -0.2) is 25.0 Å². The second-order valence-corrected chi connectivity index (χ2v) is 7.09. The fourth-order valence-corrected chi connectivity index (χ4v) is 4.36. The van der Waals surface area contributed by atoms with E-state index in [1.54, 1.807) is 0 Å². The highest BCUT2D eigenvalue weighted by molar-refractivity contribution is 7.19. The molecule has 2 nitrogen and oxygen atoms in total. The summed E-state index contributed by atoms with van der Waals surface area (Å²) in [4.78, 5) is 3.89. The summed E-state index contributed by atoms with van der Waals surface area (Å²) in [6, 6.07) is 7.54. The first-order chi connectivity index (χ1) is 9.10. The van der Waals surface area contributed by atoms with Crippen LogP contribution in [0.25, 0.3) is 10.1 Å². The number of hydrogen-bond acceptors (Lipinski definition) is 3. The quantitative estimate of drug-likeness (QED) is 0.908. The molecule has 0 bridgehead atoms. The first kappa shape index (κ1) is 13.1. The van der Waals surface area contributed by atoms with Gasteiger partial charge in [0.05, 0.1) is 0 Å². The van der Waals surface area contributed by atoms with E-state index in [1.807, 2.05) is 11.3 Å². The first-order valence-electron chi connectivity index (χ1n) is 7.00. The number of benzene rings is 1. The summed E-state index contributed by atoms with van der Waals surface area (Å²) in [5.74, 6) is 0.650. The molecule has 1 aromatic carbocycles. The van der Waals surface area contributed by atoms with Crippen LogP contribution < -0.4 is 5.73 Å². The molecule has 2 N–H and O–H groups in total. The van der Waals surface area contributed by atoms with Crippen LogP contribution >= 0.6 is 11.3 Å². The smallest absolute Gasteiger partial charge is 0.0351 e. The van der Waals surface area contributed by atoms with E-state index >= 15 is 0 Å². The summed E-state index contributed by atoms with van der Waals surface area (Å²) >= 11 is 1.92. The van der Waals surface area contributed by atoms with Gasteiger partial charge in [-0.15, -0.1) is 11.3 Å². The minimum Gasteiger partial charge on any atom is -0.330 e. The van der Waals surface area contributed by atoms with Gasteiger partial charge in [-0.05, 0) is 62.4 Å². The first-order valence-corrected chi connectivity index (χ1v) is 7.81. The van der Waals surface area contributed by atoms with E-state index in [0.29, 0.717) is 12.0 Å². The van der Waals surface area contributed by atoms with E-state index in [4.69, 9.17) is 5.73 Å². The van der Waals surface area contributed by atoms with Gasteiger partial charge in [0.15, 0.2) is 0 Å². The van der Waals surface area contributed by atoms with Crippen molar-refractivity contribution < 1.29 is 0 Å². The standard InChI is InChI=1S/C16H22N2S/c1-10-11(2)19-16-7-13(4-5-14(10)16)15-6-12(8-17)9-18(15)3/h4-5,7,12,15H,6,8-9,17H2,1-3H3. The molecule has 1 fully saturated rings. The van der Waals surface area contributed by atoms with E-state index < -0.39 is 0 Å². The Morgan fingerprint density at radius 3 is 2.84 bits per heavy atom. The van der Waals surface area contributed by atoms with Gasteiger partial charge < -0.3 is 5.73 Å². The summed E-state index contributed by atoms with van der Waals surface area (Å²) in [7, 11) is 2.22. The van der Waals surface area contributed by atoms with Crippen molar-refractivity contribution in [2.75, 3.05) is 20.1 Å².